The number of fused-ring (bicyclic) bond motifs is 1. The van der Waals surface area contributed by atoms with Crippen LogP contribution in [0.2, 0.25) is 0 Å². The van der Waals surface area contributed by atoms with E-state index < -0.39 is 105 Å². The van der Waals surface area contributed by atoms with E-state index in [2.05, 4.69) is 0 Å². The lowest BCUT2D eigenvalue weighted by molar-refractivity contribution is -0.352. The summed E-state index contributed by atoms with van der Waals surface area (Å²) in [5, 5.41) is 83.1. The molecule has 1 aromatic rings. The molecule has 13 atom stereocenters. The van der Waals surface area contributed by atoms with Gasteiger partial charge in [0.15, 0.2) is 24.1 Å². The number of hydrogen-bond donors (Lipinski definition) is 8. The van der Waals surface area contributed by atoms with Gasteiger partial charge in [-0.25, -0.2) is 9.59 Å². The van der Waals surface area contributed by atoms with E-state index in [1.165, 1.54) is 38.5 Å². The summed E-state index contributed by atoms with van der Waals surface area (Å²) in [4.78, 5) is 24.7. The highest BCUT2D eigenvalue weighted by molar-refractivity contribution is 5.89. The van der Waals surface area contributed by atoms with Crippen LogP contribution in [0.3, 0.4) is 0 Å². The maximum atomic E-state index is 12.4. The van der Waals surface area contributed by atoms with Crippen molar-refractivity contribution in [3.8, 4) is 11.5 Å². The molecule has 0 radical (unpaired) electrons. The van der Waals surface area contributed by atoms with Gasteiger partial charge in [-0.3, -0.25) is 0 Å². The smallest absolute Gasteiger partial charge is 0.337 e. The quantitative estimate of drug-likeness (QED) is 0.0632. The zero-order chi connectivity index (χ0) is 37.0. The fourth-order valence-corrected chi connectivity index (χ4v) is 6.28. The Morgan fingerprint density at radius 3 is 2.22 bits per heavy atom. The first-order valence-electron chi connectivity index (χ1n) is 16.0. The number of rotatable bonds is 12. The maximum absolute atomic E-state index is 12.4. The van der Waals surface area contributed by atoms with Crippen molar-refractivity contribution in [3.05, 3.63) is 53.3 Å². The van der Waals surface area contributed by atoms with Crippen LogP contribution in [0, 0.1) is 11.8 Å². The van der Waals surface area contributed by atoms with E-state index in [4.69, 9.17) is 37.9 Å². The van der Waals surface area contributed by atoms with Crippen LogP contribution >= 0.6 is 0 Å². The van der Waals surface area contributed by atoms with Crippen LogP contribution < -0.4 is 4.74 Å². The van der Waals surface area contributed by atoms with Gasteiger partial charge in [0.25, 0.3) is 0 Å². The van der Waals surface area contributed by atoms with Gasteiger partial charge in [0.1, 0.15) is 55.4 Å². The highest BCUT2D eigenvalue weighted by Crippen LogP contribution is 2.44. The lowest BCUT2D eigenvalue weighted by Crippen LogP contribution is -2.62. The first kappa shape index (κ1) is 38.6. The number of benzene rings is 1. The number of aliphatic hydroxyl groups is 7. The Labute approximate surface area is 291 Å². The highest BCUT2D eigenvalue weighted by atomic mass is 16.8. The van der Waals surface area contributed by atoms with Crippen LogP contribution in [0.5, 0.6) is 11.5 Å². The van der Waals surface area contributed by atoms with Crippen LogP contribution in [-0.2, 0) is 42.7 Å². The second-order valence-electron chi connectivity index (χ2n) is 12.3. The molecule has 282 valence electrons. The molecule has 8 N–H and O–H groups in total. The number of aromatic hydroxyl groups is 1. The van der Waals surface area contributed by atoms with Crippen LogP contribution in [0.4, 0.5) is 0 Å². The molecule has 51 heavy (non-hydrogen) atoms. The van der Waals surface area contributed by atoms with Crippen molar-refractivity contribution in [3.63, 3.8) is 0 Å². The molecular weight excluding hydrogens is 684 g/mol. The van der Waals surface area contributed by atoms with Crippen molar-refractivity contribution >= 4 is 18.0 Å². The van der Waals surface area contributed by atoms with Crippen molar-refractivity contribution in [1.82, 2.24) is 0 Å². The van der Waals surface area contributed by atoms with Gasteiger partial charge >= 0.3 is 11.9 Å². The van der Waals surface area contributed by atoms with Crippen LogP contribution in [-0.4, -0.2) is 155 Å². The predicted molar refractivity (Wildman–Crippen MR) is 167 cm³/mol. The van der Waals surface area contributed by atoms with Gasteiger partial charge in [0, 0.05) is 12.0 Å². The van der Waals surface area contributed by atoms with Gasteiger partial charge in [-0.15, -0.1) is 0 Å². The number of methoxy groups -OCH3 is 2. The Kier molecular flexibility index (Phi) is 12.7. The van der Waals surface area contributed by atoms with Crippen LogP contribution in [0.15, 0.2) is 47.8 Å². The number of phenols is 1. The zero-order valence-corrected chi connectivity index (χ0v) is 27.5. The van der Waals surface area contributed by atoms with E-state index in [1.807, 2.05) is 0 Å². The number of hydrogen-bond acceptors (Lipinski definition) is 18. The molecule has 1 aliphatic carbocycles. The van der Waals surface area contributed by atoms with E-state index >= 15 is 0 Å². The normalized spacial score (nSPS) is 36.5. The topological polar surface area (TPSA) is 270 Å². The molecule has 1 aromatic carbocycles. The second kappa shape index (κ2) is 16.8. The molecule has 0 bridgehead atoms. The average Bonchev–Trinajstić information content (AvgIpc) is 3.58. The predicted octanol–water partition coefficient (Wildman–Crippen LogP) is -2.43. The Morgan fingerprint density at radius 2 is 1.55 bits per heavy atom. The number of esters is 2. The molecule has 0 aromatic heterocycles. The van der Waals surface area contributed by atoms with Gasteiger partial charge < -0.3 is 78.7 Å². The van der Waals surface area contributed by atoms with Crippen molar-refractivity contribution in [2.45, 2.75) is 74.1 Å². The Hall–Kier alpha value is -3.66. The summed E-state index contributed by atoms with van der Waals surface area (Å²) in [6.07, 6.45) is -12.2. The second-order valence-corrected chi connectivity index (χ2v) is 12.3. The Balaban J connectivity index is 1.19. The molecule has 2 saturated heterocycles. The molecule has 2 fully saturated rings. The molecule has 18 heteroatoms. The van der Waals surface area contributed by atoms with Crippen molar-refractivity contribution in [1.29, 1.82) is 0 Å². The molecule has 3 heterocycles. The number of carbonyl (C=O) groups excluding carboxylic acids is 2. The number of carbonyl (C=O) groups is 2. The summed E-state index contributed by atoms with van der Waals surface area (Å²) in [6.45, 7) is -1.55. The molecular formula is C33H42O18. The van der Waals surface area contributed by atoms with Gasteiger partial charge in [-0.05, 0) is 35.8 Å². The number of allylic oxidation sites excluding steroid dienone is 1. The lowest BCUT2D eigenvalue weighted by Gasteiger charge is -2.44. The van der Waals surface area contributed by atoms with E-state index in [0.717, 1.165) is 12.3 Å². The molecule has 0 saturated carbocycles. The van der Waals surface area contributed by atoms with Crippen molar-refractivity contribution < 1.29 is 88.3 Å². The minimum atomic E-state index is -1.82. The molecule has 13 unspecified atom stereocenters. The summed E-state index contributed by atoms with van der Waals surface area (Å²) in [7, 11) is 2.58. The largest absolute Gasteiger partial charge is 0.504 e. The molecule has 3 aliphatic heterocycles. The lowest BCUT2D eigenvalue weighted by atomic mass is 9.83. The van der Waals surface area contributed by atoms with E-state index in [9.17, 15) is 50.4 Å². The molecule has 0 amide bonds. The molecule has 5 rings (SSSR count). The monoisotopic (exact) mass is 726 g/mol. The first-order valence-corrected chi connectivity index (χ1v) is 16.0. The summed E-state index contributed by atoms with van der Waals surface area (Å²) < 4.78 is 43.4. The third-order valence-electron chi connectivity index (χ3n) is 9.16. The van der Waals surface area contributed by atoms with Gasteiger partial charge in [0.2, 0.25) is 6.29 Å². The fourth-order valence-electron chi connectivity index (χ4n) is 6.28. The summed E-state index contributed by atoms with van der Waals surface area (Å²) in [6, 6.07) is 4.37. The standard InChI is InChI=1S/C33H42O18/c1-44-19-9-14(3-7-18(19)35)4-8-22(36)46-12-20-24(37)26(39)28(41)32(49-20)48-13-21-25(38)27(40)29(42)33(50-21)51-31-23-15(10-34)5-6-16(23)17(11-47-31)30(43)45-2/h3-5,7-9,11,16,20-21,23-29,31-35,37-42H,6,10,12-13H2,1-2H3. The first-order chi connectivity index (χ1) is 24.4. The van der Waals surface area contributed by atoms with Gasteiger partial charge in [0.05, 0.1) is 45.2 Å². The molecule has 0 spiro atoms. The van der Waals surface area contributed by atoms with E-state index in [-0.39, 0.29) is 23.7 Å². The minimum Gasteiger partial charge on any atom is -0.504 e. The molecule has 18 nitrogen and oxygen atoms in total. The number of ether oxygens (including phenoxy) is 8. The summed E-state index contributed by atoms with van der Waals surface area (Å²) >= 11 is 0. The van der Waals surface area contributed by atoms with Crippen LogP contribution in [0.25, 0.3) is 6.08 Å². The average molecular weight is 727 g/mol. The Morgan fingerprint density at radius 1 is 0.882 bits per heavy atom. The highest BCUT2D eigenvalue weighted by Gasteiger charge is 2.51. The zero-order valence-electron chi connectivity index (χ0n) is 27.5. The SMILES string of the molecule is COC(=O)C1=COC(OC2OC(COC3OC(COC(=O)C=Cc4ccc(O)c(OC)c4)C(O)C(O)C3O)C(O)C(O)C2O)C2C(CO)=CCC12. The maximum Gasteiger partial charge on any atom is 0.337 e. The minimum absolute atomic E-state index is 0.0925. The third kappa shape index (κ3) is 8.37. The van der Waals surface area contributed by atoms with Crippen LogP contribution in [0.1, 0.15) is 12.0 Å². The van der Waals surface area contributed by atoms with Gasteiger partial charge in [-0.1, -0.05) is 12.1 Å². The van der Waals surface area contributed by atoms with Gasteiger partial charge in [-0.2, -0.15) is 0 Å². The number of phenolic OH excluding ortho intramolecular Hbond substituents is 1. The summed E-state index contributed by atoms with van der Waals surface area (Å²) in [5.74, 6) is -2.55. The fraction of sp³-hybridized carbons (Fsp3) is 0.576. The van der Waals surface area contributed by atoms with Crippen molar-refractivity contribution in [2.24, 2.45) is 11.8 Å². The summed E-state index contributed by atoms with van der Waals surface area (Å²) in [5.41, 5.74) is 1.22. The third-order valence-corrected chi connectivity index (χ3v) is 9.16. The van der Waals surface area contributed by atoms with E-state index in [1.54, 1.807) is 6.08 Å². The molecule has 4 aliphatic rings. The Bertz CT molecular complexity index is 1480. The number of aliphatic hydroxyl groups excluding tert-OH is 7. The van der Waals surface area contributed by atoms with Crippen molar-refractivity contribution in [2.75, 3.05) is 34.0 Å². The van der Waals surface area contributed by atoms with E-state index in [0.29, 0.717) is 17.6 Å².